The molecule has 1 aliphatic heterocycles. The van der Waals surface area contributed by atoms with Crippen LogP contribution < -0.4 is 0 Å². The van der Waals surface area contributed by atoms with Gasteiger partial charge in [-0.1, -0.05) is 19.0 Å². The van der Waals surface area contributed by atoms with Crippen LogP contribution in [0.15, 0.2) is 5.16 Å². The number of carbonyl (C=O) groups excluding carboxylic acids is 3. The number of hydrogen-bond acceptors (Lipinski definition) is 8. The molecule has 168 valence electrons. The summed E-state index contributed by atoms with van der Waals surface area (Å²) in [5, 5.41) is 25.4. The van der Waals surface area contributed by atoms with Gasteiger partial charge in [0.15, 0.2) is 0 Å². The standard InChI is InChI=1S/C21H32N2O7/c1-4-29-16(25)7-8-23-20(27)13-6-5-12-14(22-30-10-11(2)3)9-15(24)19(26)17(12)18(13)21(23)28/h11-13,15,17-19,24,26H,4-10H2,1-3H3/t12-,13+,15+,17-,18-,19+/m0/s1. The Hall–Kier alpha value is -2.00. The SMILES string of the molecule is CCOC(=O)CCN1C(=O)[C@@H]2[C@H]3[C@H](O)[C@H](O)CC(=NOCC(C)C)[C@@H]3CC[C@H]2C1=O. The van der Waals surface area contributed by atoms with Crippen LogP contribution >= 0.6 is 0 Å². The Morgan fingerprint density at radius 2 is 1.90 bits per heavy atom. The van der Waals surface area contributed by atoms with E-state index in [2.05, 4.69) is 5.16 Å². The smallest absolute Gasteiger partial charge is 0.307 e. The molecule has 3 rings (SSSR count). The predicted molar refractivity (Wildman–Crippen MR) is 106 cm³/mol. The number of rotatable bonds is 7. The van der Waals surface area contributed by atoms with Gasteiger partial charge in [-0.2, -0.15) is 0 Å². The lowest BCUT2D eigenvalue weighted by Gasteiger charge is -2.45. The molecule has 3 fully saturated rings. The Bertz CT molecular complexity index is 707. The predicted octanol–water partition coefficient (Wildman–Crippen LogP) is 0.721. The Morgan fingerprint density at radius 3 is 2.57 bits per heavy atom. The Morgan fingerprint density at radius 1 is 1.20 bits per heavy atom. The van der Waals surface area contributed by atoms with Crippen molar-refractivity contribution in [3.63, 3.8) is 0 Å². The molecule has 1 saturated heterocycles. The fourth-order valence-electron chi connectivity index (χ4n) is 4.97. The summed E-state index contributed by atoms with van der Waals surface area (Å²) in [6.45, 7) is 6.34. The van der Waals surface area contributed by atoms with Gasteiger partial charge < -0.3 is 19.8 Å². The van der Waals surface area contributed by atoms with E-state index in [1.807, 2.05) is 13.8 Å². The van der Waals surface area contributed by atoms with Crippen molar-refractivity contribution in [2.24, 2.45) is 34.7 Å². The molecule has 9 nitrogen and oxygen atoms in total. The van der Waals surface area contributed by atoms with Crippen molar-refractivity contribution in [2.45, 2.75) is 58.7 Å². The third-order valence-electron chi connectivity index (χ3n) is 6.31. The van der Waals surface area contributed by atoms with E-state index in [1.165, 1.54) is 0 Å². The minimum absolute atomic E-state index is 0.0298. The van der Waals surface area contributed by atoms with Gasteiger partial charge in [0.2, 0.25) is 11.8 Å². The maximum absolute atomic E-state index is 13.1. The lowest BCUT2D eigenvalue weighted by atomic mass is 9.60. The summed E-state index contributed by atoms with van der Waals surface area (Å²) < 4.78 is 4.89. The van der Waals surface area contributed by atoms with E-state index < -0.39 is 35.9 Å². The fourth-order valence-corrected chi connectivity index (χ4v) is 4.97. The van der Waals surface area contributed by atoms with Crippen molar-refractivity contribution in [3.8, 4) is 0 Å². The summed E-state index contributed by atoms with van der Waals surface area (Å²) in [7, 11) is 0. The first kappa shape index (κ1) is 22.7. The molecule has 0 radical (unpaired) electrons. The molecule has 0 aromatic carbocycles. The van der Waals surface area contributed by atoms with Crippen molar-refractivity contribution >= 4 is 23.5 Å². The molecule has 2 saturated carbocycles. The highest BCUT2D eigenvalue weighted by atomic mass is 16.6. The number of carbonyl (C=O) groups is 3. The van der Waals surface area contributed by atoms with Crippen molar-refractivity contribution in [3.05, 3.63) is 0 Å². The van der Waals surface area contributed by atoms with Crippen molar-refractivity contribution in [2.75, 3.05) is 19.8 Å². The maximum Gasteiger partial charge on any atom is 0.307 e. The van der Waals surface area contributed by atoms with Crippen LogP contribution in [0, 0.1) is 29.6 Å². The molecule has 2 aliphatic carbocycles. The van der Waals surface area contributed by atoms with Crippen LogP contribution in [0.5, 0.6) is 0 Å². The number of oxime groups is 1. The molecule has 2 amide bonds. The first-order valence-electron chi connectivity index (χ1n) is 10.8. The van der Waals surface area contributed by atoms with Gasteiger partial charge in [0, 0.05) is 24.8 Å². The maximum atomic E-state index is 13.1. The van der Waals surface area contributed by atoms with Gasteiger partial charge in [-0.3, -0.25) is 19.3 Å². The largest absolute Gasteiger partial charge is 0.466 e. The molecule has 0 aromatic rings. The third kappa shape index (κ3) is 4.37. The first-order valence-corrected chi connectivity index (χ1v) is 10.8. The van der Waals surface area contributed by atoms with Gasteiger partial charge in [0.05, 0.1) is 42.8 Å². The van der Waals surface area contributed by atoms with Crippen LogP contribution in [0.3, 0.4) is 0 Å². The molecule has 30 heavy (non-hydrogen) atoms. The zero-order valence-electron chi connectivity index (χ0n) is 17.8. The topological polar surface area (TPSA) is 126 Å². The van der Waals surface area contributed by atoms with Crippen LogP contribution in [0.25, 0.3) is 0 Å². The second-order valence-electron chi connectivity index (χ2n) is 8.81. The zero-order chi connectivity index (χ0) is 22.0. The van der Waals surface area contributed by atoms with E-state index >= 15 is 0 Å². The normalized spacial score (nSPS) is 34.9. The molecule has 0 spiro atoms. The van der Waals surface area contributed by atoms with Gasteiger partial charge in [-0.15, -0.1) is 0 Å². The second kappa shape index (κ2) is 9.43. The van der Waals surface area contributed by atoms with E-state index in [0.717, 1.165) is 4.90 Å². The summed E-state index contributed by atoms with van der Waals surface area (Å²) in [5.74, 6) is -2.96. The summed E-state index contributed by atoms with van der Waals surface area (Å²) in [6.07, 6.45) is -0.967. The molecule has 0 unspecified atom stereocenters. The summed E-state index contributed by atoms with van der Waals surface area (Å²) in [4.78, 5) is 44.2. The summed E-state index contributed by atoms with van der Waals surface area (Å²) in [5.41, 5.74) is 0.641. The van der Waals surface area contributed by atoms with E-state index in [9.17, 15) is 24.6 Å². The molecule has 2 N–H and O–H groups in total. The highest BCUT2D eigenvalue weighted by Gasteiger charge is 2.59. The summed E-state index contributed by atoms with van der Waals surface area (Å²) >= 11 is 0. The number of imide groups is 1. The minimum Gasteiger partial charge on any atom is -0.466 e. The van der Waals surface area contributed by atoms with Crippen molar-refractivity contribution in [1.82, 2.24) is 4.90 Å². The van der Waals surface area contributed by atoms with Crippen LogP contribution in [0.4, 0.5) is 0 Å². The van der Waals surface area contributed by atoms with Crippen LogP contribution in [0.1, 0.15) is 46.5 Å². The summed E-state index contributed by atoms with van der Waals surface area (Å²) in [6, 6.07) is 0. The van der Waals surface area contributed by atoms with E-state index in [-0.39, 0.29) is 43.7 Å². The number of ether oxygens (including phenoxy) is 1. The third-order valence-corrected chi connectivity index (χ3v) is 6.31. The highest BCUT2D eigenvalue weighted by Crippen LogP contribution is 2.49. The Labute approximate surface area is 176 Å². The average molecular weight is 424 g/mol. The Balaban J connectivity index is 1.79. The molecule has 6 atom stereocenters. The number of likely N-dealkylation sites (tertiary alicyclic amines) is 1. The first-order chi connectivity index (χ1) is 14.3. The molecule has 1 heterocycles. The molecule has 0 aromatic heterocycles. The highest BCUT2D eigenvalue weighted by molar-refractivity contribution is 6.06. The van der Waals surface area contributed by atoms with Crippen LogP contribution in [-0.2, 0) is 24.0 Å². The van der Waals surface area contributed by atoms with Crippen molar-refractivity contribution in [1.29, 1.82) is 0 Å². The molecule has 0 bridgehead atoms. The quantitative estimate of drug-likeness (QED) is 0.350. The van der Waals surface area contributed by atoms with Crippen LogP contribution in [0.2, 0.25) is 0 Å². The lowest BCUT2D eigenvalue weighted by Crippen LogP contribution is -2.54. The zero-order valence-corrected chi connectivity index (χ0v) is 17.8. The van der Waals surface area contributed by atoms with Crippen molar-refractivity contribution < 1.29 is 34.2 Å². The molecular formula is C21H32N2O7. The molecule has 3 aliphatic rings. The number of amides is 2. The average Bonchev–Trinajstić information content (AvgIpc) is 2.94. The number of nitrogens with zero attached hydrogens (tertiary/aromatic N) is 2. The number of aliphatic hydroxyl groups is 2. The second-order valence-corrected chi connectivity index (χ2v) is 8.81. The van der Waals surface area contributed by atoms with E-state index in [0.29, 0.717) is 31.1 Å². The number of aliphatic hydroxyl groups excluding tert-OH is 2. The molecular weight excluding hydrogens is 392 g/mol. The monoisotopic (exact) mass is 424 g/mol. The van der Waals surface area contributed by atoms with Gasteiger partial charge in [0.25, 0.3) is 0 Å². The van der Waals surface area contributed by atoms with Gasteiger partial charge in [-0.25, -0.2) is 0 Å². The van der Waals surface area contributed by atoms with Gasteiger partial charge in [0.1, 0.15) is 6.61 Å². The number of esters is 1. The van der Waals surface area contributed by atoms with Gasteiger partial charge in [-0.05, 0) is 25.7 Å². The number of hydrogen-bond donors (Lipinski definition) is 2. The fraction of sp³-hybridized carbons (Fsp3) is 0.810. The van der Waals surface area contributed by atoms with Gasteiger partial charge >= 0.3 is 5.97 Å². The van der Waals surface area contributed by atoms with E-state index in [4.69, 9.17) is 9.57 Å². The minimum atomic E-state index is -1.12. The lowest BCUT2D eigenvalue weighted by molar-refractivity contribution is -0.145. The van der Waals surface area contributed by atoms with Crippen LogP contribution in [-0.4, -0.2) is 70.6 Å². The number of fused-ring (bicyclic) bond motifs is 3. The Kier molecular flexibility index (Phi) is 7.13. The molecule has 9 heteroatoms. The van der Waals surface area contributed by atoms with E-state index in [1.54, 1.807) is 6.92 Å².